The fourth-order valence-corrected chi connectivity index (χ4v) is 3.41. The van der Waals surface area contributed by atoms with Crippen molar-refractivity contribution < 1.29 is 4.79 Å². The highest BCUT2D eigenvalue weighted by molar-refractivity contribution is 7.99. The Bertz CT molecular complexity index is 546. The first-order valence-corrected chi connectivity index (χ1v) is 6.92. The van der Waals surface area contributed by atoms with Crippen LogP contribution in [0.25, 0.3) is 5.65 Å². The number of hydrogen-bond acceptors (Lipinski definition) is 4. The summed E-state index contributed by atoms with van der Waals surface area (Å²) in [5, 5.41) is 8.42. The van der Waals surface area contributed by atoms with Crippen molar-refractivity contribution in [3.8, 4) is 0 Å². The van der Waals surface area contributed by atoms with Gasteiger partial charge >= 0.3 is 0 Å². The summed E-state index contributed by atoms with van der Waals surface area (Å²) in [4.78, 5) is 11.1. The number of aromatic nitrogens is 3. The van der Waals surface area contributed by atoms with E-state index in [2.05, 4.69) is 10.2 Å². The highest BCUT2D eigenvalue weighted by Crippen LogP contribution is 2.30. The van der Waals surface area contributed by atoms with E-state index in [9.17, 15) is 4.79 Å². The van der Waals surface area contributed by atoms with Crippen molar-refractivity contribution >= 4 is 23.7 Å². The summed E-state index contributed by atoms with van der Waals surface area (Å²) in [5.41, 5.74) is 1.41. The Morgan fingerprint density at radius 2 is 2.12 bits per heavy atom. The van der Waals surface area contributed by atoms with Crippen LogP contribution in [0, 0.1) is 0 Å². The largest absolute Gasteiger partial charge is 0.296 e. The highest BCUT2D eigenvalue weighted by Gasteiger charge is 2.21. The van der Waals surface area contributed by atoms with E-state index in [-0.39, 0.29) is 0 Å². The Balaban J connectivity index is 2.12. The van der Waals surface area contributed by atoms with E-state index in [0.717, 1.165) is 30.6 Å². The van der Waals surface area contributed by atoms with E-state index in [4.69, 9.17) is 0 Å². The van der Waals surface area contributed by atoms with Crippen molar-refractivity contribution in [3.63, 3.8) is 0 Å². The van der Waals surface area contributed by atoms with Gasteiger partial charge in [0.2, 0.25) is 0 Å². The van der Waals surface area contributed by atoms with Crippen LogP contribution in [0.4, 0.5) is 0 Å². The predicted molar refractivity (Wildman–Crippen MR) is 67.7 cm³/mol. The van der Waals surface area contributed by atoms with Crippen molar-refractivity contribution in [2.24, 2.45) is 0 Å². The zero-order valence-corrected chi connectivity index (χ0v) is 10.2. The number of fused-ring (bicyclic) bond motifs is 1. The molecular formula is C12H13N3OS. The maximum absolute atomic E-state index is 11.1. The first-order chi connectivity index (χ1) is 8.40. The lowest BCUT2D eigenvalue weighted by molar-refractivity contribution is 0.111. The SMILES string of the molecule is O=Cc1cccc2nnc(C3CCSCC3)n12. The van der Waals surface area contributed by atoms with Gasteiger partial charge in [-0.3, -0.25) is 9.20 Å². The Morgan fingerprint density at radius 3 is 2.88 bits per heavy atom. The van der Waals surface area contributed by atoms with Gasteiger partial charge < -0.3 is 0 Å². The van der Waals surface area contributed by atoms with E-state index in [1.54, 1.807) is 0 Å². The molecule has 1 fully saturated rings. The quantitative estimate of drug-likeness (QED) is 0.763. The Morgan fingerprint density at radius 1 is 1.29 bits per heavy atom. The summed E-state index contributed by atoms with van der Waals surface area (Å²) in [6, 6.07) is 5.54. The maximum atomic E-state index is 11.1. The summed E-state index contributed by atoms with van der Waals surface area (Å²) in [6.45, 7) is 0. The number of carbonyl (C=O) groups is 1. The maximum Gasteiger partial charge on any atom is 0.166 e. The van der Waals surface area contributed by atoms with Gasteiger partial charge in [0.15, 0.2) is 11.9 Å². The van der Waals surface area contributed by atoms with Crippen LogP contribution >= 0.6 is 11.8 Å². The van der Waals surface area contributed by atoms with Gasteiger partial charge in [-0.15, -0.1) is 10.2 Å². The third kappa shape index (κ3) is 1.84. The van der Waals surface area contributed by atoms with Gasteiger partial charge in [-0.2, -0.15) is 11.8 Å². The topological polar surface area (TPSA) is 47.3 Å². The smallest absolute Gasteiger partial charge is 0.166 e. The fourth-order valence-electron chi connectivity index (χ4n) is 2.30. The monoisotopic (exact) mass is 247 g/mol. The van der Waals surface area contributed by atoms with E-state index < -0.39 is 0 Å². The zero-order valence-electron chi connectivity index (χ0n) is 9.37. The number of thioether (sulfide) groups is 1. The summed E-state index contributed by atoms with van der Waals surface area (Å²) in [5.74, 6) is 3.72. The summed E-state index contributed by atoms with van der Waals surface area (Å²) in [7, 11) is 0. The van der Waals surface area contributed by atoms with Crippen molar-refractivity contribution in [2.75, 3.05) is 11.5 Å². The molecule has 4 nitrogen and oxygen atoms in total. The Labute approximate surface area is 103 Å². The second kappa shape index (κ2) is 4.49. The molecule has 2 aromatic heterocycles. The minimum atomic E-state index is 0.437. The molecule has 88 valence electrons. The number of aldehydes is 1. The molecule has 0 atom stereocenters. The lowest BCUT2D eigenvalue weighted by Crippen LogP contribution is -2.12. The second-order valence-corrected chi connectivity index (χ2v) is 5.43. The molecule has 3 heterocycles. The van der Waals surface area contributed by atoms with Crippen LogP contribution in [0.5, 0.6) is 0 Å². The summed E-state index contributed by atoms with van der Waals surface area (Å²) < 4.78 is 1.90. The number of carbonyl (C=O) groups excluding carboxylic acids is 1. The number of nitrogens with zero attached hydrogens (tertiary/aromatic N) is 3. The molecule has 1 aliphatic heterocycles. The molecule has 0 aromatic carbocycles. The van der Waals surface area contributed by atoms with E-state index >= 15 is 0 Å². The van der Waals surface area contributed by atoms with Gasteiger partial charge in [0, 0.05) is 5.92 Å². The molecule has 2 aromatic rings. The van der Waals surface area contributed by atoms with Gasteiger partial charge in [0.25, 0.3) is 0 Å². The fraction of sp³-hybridized carbons (Fsp3) is 0.417. The van der Waals surface area contributed by atoms with Crippen molar-refractivity contribution in [2.45, 2.75) is 18.8 Å². The van der Waals surface area contributed by atoms with E-state index in [0.29, 0.717) is 11.6 Å². The van der Waals surface area contributed by atoms with Gasteiger partial charge in [-0.1, -0.05) is 6.07 Å². The molecule has 0 saturated carbocycles. The van der Waals surface area contributed by atoms with Gasteiger partial charge in [-0.25, -0.2) is 0 Å². The molecule has 5 heteroatoms. The molecular weight excluding hydrogens is 234 g/mol. The van der Waals surface area contributed by atoms with Gasteiger partial charge in [0.05, 0.1) is 5.69 Å². The third-order valence-corrected chi connectivity index (χ3v) is 4.24. The minimum Gasteiger partial charge on any atom is -0.296 e. The van der Waals surface area contributed by atoms with Gasteiger partial charge in [-0.05, 0) is 36.5 Å². The molecule has 0 bridgehead atoms. The molecule has 17 heavy (non-hydrogen) atoms. The summed E-state index contributed by atoms with van der Waals surface area (Å²) in [6.07, 6.45) is 3.12. The van der Waals surface area contributed by atoms with Crippen molar-refractivity contribution in [3.05, 3.63) is 29.7 Å². The van der Waals surface area contributed by atoms with E-state index in [1.165, 1.54) is 11.5 Å². The minimum absolute atomic E-state index is 0.437. The molecule has 1 saturated heterocycles. The van der Waals surface area contributed by atoms with Crippen LogP contribution in [0.15, 0.2) is 18.2 Å². The van der Waals surface area contributed by atoms with Gasteiger partial charge in [0.1, 0.15) is 5.82 Å². The lowest BCUT2D eigenvalue weighted by atomic mass is 10.0. The van der Waals surface area contributed by atoms with E-state index in [1.807, 2.05) is 34.4 Å². The average molecular weight is 247 g/mol. The normalized spacial score (nSPS) is 17.4. The van der Waals surface area contributed by atoms with Crippen LogP contribution in [0.3, 0.4) is 0 Å². The molecule has 1 aliphatic rings. The zero-order chi connectivity index (χ0) is 11.7. The van der Waals surface area contributed by atoms with Crippen molar-refractivity contribution in [1.82, 2.24) is 14.6 Å². The van der Waals surface area contributed by atoms with Crippen molar-refractivity contribution in [1.29, 1.82) is 0 Å². The van der Waals surface area contributed by atoms with Crippen LogP contribution in [-0.4, -0.2) is 32.4 Å². The second-order valence-electron chi connectivity index (χ2n) is 4.21. The van der Waals surface area contributed by atoms with Crippen LogP contribution in [-0.2, 0) is 0 Å². The van der Waals surface area contributed by atoms with Crippen LogP contribution in [0.2, 0.25) is 0 Å². The highest BCUT2D eigenvalue weighted by atomic mass is 32.2. The third-order valence-electron chi connectivity index (χ3n) is 3.19. The summed E-state index contributed by atoms with van der Waals surface area (Å²) >= 11 is 1.98. The molecule has 3 rings (SSSR count). The predicted octanol–water partition coefficient (Wildman–Crippen LogP) is 2.15. The number of pyridine rings is 1. The average Bonchev–Trinajstić information content (AvgIpc) is 2.83. The molecule has 0 N–H and O–H groups in total. The molecule has 0 spiro atoms. The standard InChI is InChI=1S/C12H13N3OS/c16-8-10-2-1-3-11-13-14-12(15(10)11)9-4-6-17-7-5-9/h1-3,8-9H,4-7H2. The molecule has 0 aliphatic carbocycles. The Hall–Kier alpha value is -1.36. The lowest BCUT2D eigenvalue weighted by Gasteiger charge is -2.19. The van der Waals surface area contributed by atoms with Crippen LogP contribution in [0.1, 0.15) is 35.1 Å². The first-order valence-electron chi connectivity index (χ1n) is 5.77. The van der Waals surface area contributed by atoms with Crippen LogP contribution < -0.4 is 0 Å². The molecule has 0 amide bonds. The number of rotatable bonds is 2. The molecule has 0 radical (unpaired) electrons. The Kier molecular flexibility index (Phi) is 2.84. The molecule has 0 unspecified atom stereocenters. The number of hydrogen-bond donors (Lipinski definition) is 0. The first kappa shape index (κ1) is 10.8.